The van der Waals surface area contributed by atoms with Gasteiger partial charge in [0.15, 0.2) is 0 Å². The van der Waals surface area contributed by atoms with Crippen molar-refractivity contribution in [2.24, 2.45) is 0 Å². The van der Waals surface area contributed by atoms with Gasteiger partial charge in [-0.25, -0.2) is 8.42 Å². The lowest BCUT2D eigenvalue weighted by atomic mass is 10.1. The van der Waals surface area contributed by atoms with Crippen molar-refractivity contribution in [3.05, 3.63) is 28.3 Å². The lowest BCUT2D eigenvalue weighted by molar-refractivity contribution is -0.384. The van der Waals surface area contributed by atoms with Crippen molar-refractivity contribution in [1.82, 2.24) is 0 Å². The zero-order valence-corrected chi connectivity index (χ0v) is 14.4. The monoisotopic (exact) mass is 384 g/mol. The Kier molecular flexibility index (Phi) is 5.05. The second-order valence-corrected chi connectivity index (χ2v) is 8.79. The van der Waals surface area contributed by atoms with Gasteiger partial charge in [-0.1, -0.05) is 6.92 Å². The molecule has 0 bridgehead atoms. The number of sulfone groups is 1. The number of alkyl halides is 3. The number of rotatable bonds is 3. The molecule has 0 saturated carbocycles. The van der Waals surface area contributed by atoms with Gasteiger partial charge in [0.25, 0.3) is 15.5 Å². The van der Waals surface area contributed by atoms with Crippen molar-refractivity contribution < 1.29 is 26.5 Å². The van der Waals surface area contributed by atoms with Crippen LogP contribution in [0.5, 0.6) is 0 Å². The van der Waals surface area contributed by atoms with Gasteiger partial charge in [-0.3, -0.25) is 10.1 Å². The number of nitrogens with zero attached hydrogens (tertiary/aromatic N) is 2. The number of benzene rings is 1. The summed E-state index contributed by atoms with van der Waals surface area (Å²) in [7, 11) is -5.63. The molecule has 0 spiro atoms. The number of thioether (sulfide) groups is 1. The number of anilines is 1. The highest BCUT2D eigenvalue weighted by Gasteiger charge is 2.47. The zero-order valence-electron chi connectivity index (χ0n) is 12.8. The number of nitro benzene ring substituents is 1. The summed E-state index contributed by atoms with van der Waals surface area (Å²) in [6.07, 6.45) is 0. The van der Waals surface area contributed by atoms with Crippen molar-refractivity contribution in [2.75, 3.05) is 17.2 Å². The highest BCUT2D eigenvalue weighted by atomic mass is 32.2. The Bertz CT molecular complexity index is 752. The Morgan fingerprint density at radius 3 is 2.50 bits per heavy atom. The molecule has 1 aromatic rings. The fourth-order valence-electron chi connectivity index (χ4n) is 2.47. The van der Waals surface area contributed by atoms with Gasteiger partial charge in [0.2, 0.25) is 0 Å². The summed E-state index contributed by atoms with van der Waals surface area (Å²) in [6, 6.07) is 2.25. The van der Waals surface area contributed by atoms with Gasteiger partial charge in [0.1, 0.15) is 5.69 Å². The van der Waals surface area contributed by atoms with Gasteiger partial charge in [-0.2, -0.15) is 24.9 Å². The maximum atomic E-state index is 12.6. The van der Waals surface area contributed by atoms with Crippen LogP contribution in [0.15, 0.2) is 23.1 Å². The Morgan fingerprint density at radius 2 is 1.96 bits per heavy atom. The van der Waals surface area contributed by atoms with E-state index >= 15 is 0 Å². The van der Waals surface area contributed by atoms with Crippen LogP contribution in [0.2, 0.25) is 0 Å². The SMILES string of the molecule is CC1SCCN(c2ccc(S(=O)(=O)C(F)(F)F)cc2[N+](=O)[O-])C1C. The predicted molar refractivity (Wildman–Crippen MR) is 85.1 cm³/mol. The smallest absolute Gasteiger partial charge is 0.361 e. The predicted octanol–water partition coefficient (Wildman–Crippen LogP) is 3.22. The fraction of sp³-hybridized carbons (Fsp3) is 0.538. The lowest BCUT2D eigenvalue weighted by Crippen LogP contribution is -2.45. The molecule has 0 aromatic heterocycles. The van der Waals surface area contributed by atoms with E-state index in [2.05, 4.69) is 0 Å². The topological polar surface area (TPSA) is 80.5 Å². The molecule has 0 aliphatic carbocycles. The van der Waals surface area contributed by atoms with Crippen LogP contribution in [0.1, 0.15) is 13.8 Å². The standard InChI is InChI=1S/C13H15F3N2O4S2/c1-8-9(2)23-6-5-17(8)11-4-3-10(7-12(11)18(19)20)24(21,22)13(14,15)16/h3-4,7-9H,5-6H2,1-2H3. The first-order valence-corrected chi connectivity index (χ1v) is 9.48. The van der Waals surface area contributed by atoms with E-state index in [1.807, 2.05) is 13.8 Å². The highest BCUT2D eigenvalue weighted by Crippen LogP contribution is 2.38. The first kappa shape index (κ1) is 18.8. The second-order valence-electron chi connectivity index (χ2n) is 5.37. The van der Waals surface area contributed by atoms with Gasteiger partial charge >= 0.3 is 5.51 Å². The second kappa shape index (κ2) is 6.43. The van der Waals surface area contributed by atoms with Crippen LogP contribution >= 0.6 is 11.8 Å². The molecule has 24 heavy (non-hydrogen) atoms. The van der Waals surface area contributed by atoms with Crippen LogP contribution in [0.4, 0.5) is 24.5 Å². The Balaban J connectivity index is 2.55. The Labute approximate surface area is 141 Å². The molecule has 1 fully saturated rings. The van der Waals surface area contributed by atoms with E-state index in [1.54, 1.807) is 16.7 Å². The van der Waals surface area contributed by atoms with Crippen LogP contribution in [0.25, 0.3) is 0 Å². The van der Waals surface area contributed by atoms with Gasteiger partial charge in [-0.15, -0.1) is 0 Å². The van der Waals surface area contributed by atoms with E-state index in [-0.39, 0.29) is 17.0 Å². The van der Waals surface area contributed by atoms with Crippen molar-refractivity contribution in [3.63, 3.8) is 0 Å². The molecule has 6 nitrogen and oxygen atoms in total. The lowest BCUT2D eigenvalue weighted by Gasteiger charge is -2.38. The molecule has 1 heterocycles. The molecule has 0 amide bonds. The molecule has 0 radical (unpaired) electrons. The molecule has 1 aromatic carbocycles. The molecule has 1 aliphatic heterocycles. The summed E-state index contributed by atoms with van der Waals surface area (Å²) in [5, 5.41) is 11.5. The van der Waals surface area contributed by atoms with E-state index in [4.69, 9.17) is 0 Å². The quantitative estimate of drug-likeness (QED) is 0.588. The molecular formula is C13H15F3N2O4S2. The Morgan fingerprint density at radius 1 is 1.33 bits per heavy atom. The highest BCUT2D eigenvalue weighted by molar-refractivity contribution is 8.00. The minimum Gasteiger partial charge on any atom is -0.361 e. The average molecular weight is 384 g/mol. The van der Waals surface area contributed by atoms with Crippen LogP contribution in [-0.2, 0) is 9.84 Å². The van der Waals surface area contributed by atoms with E-state index in [0.29, 0.717) is 18.4 Å². The summed E-state index contributed by atoms with van der Waals surface area (Å²) < 4.78 is 60.9. The van der Waals surface area contributed by atoms with Crippen LogP contribution in [0, 0.1) is 10.1 Å². The normalized spacial score (nSPS) is 22.5. The van der Waals surface area contributed by atoms with Crippen molar-refractivity contribution in [1.29, 1.82) is 0 Å². The van der Waals surface area contributed by atoms with Crippen LogP contribution < -0.4 is 4.90 Å². The fourth-order valence-corrected chi connectivity index (χ4v) is 4.35. The number of nitro groups is 1. The maximum absolute atomic E-state index is 12.6. The van der Waals surface area contributed by atoms with Gasteiger partial charge in [0, 0.05) is 29.7 Å². The van der Waals surface area contributed by atoms with Crippen molar-refractivity contribution in [3.8, 4) is 0 Å². The van der Waals surface area contributed by atoms with Crippen LogP contribution in [0.3, 0.4) is 0 Å². The third kappa shape index (κ3) is 3.32. The molecule has 2 unspecified atom stereocenters. The zero-order chi connectivity index (χ0) is 18.3. The third-order valence-electron chi connectivity index (χ3n) is 3.95. The van der Waals surface area contributed by atoms with Gasteiger partial charge < -0.3 is 4.90 Å². The molecular weight excluding hydrogens is 369 g/mol. The number of hydrogen-bond acceptors (Lipinski definition) is 6. The van der Waals surface area contributed by atoms with Crippen LogP contribution in [-0.4, -0.2) is 42.4 Å². The molecule has 1 saturated heterocycles. The summed E-state index contributed by atoms with van der Waals surface area (Å²) in [5.74, 6) is 0.714. The minimum absolute atomic E-state index is 0.0764. The molecule has 11 heteroatoms. The third-order valence-corrected chi connectivity index (χ3v) is 6.77. The van der Waals surface area contributed by atoms with E-state index in [0.717, 1.165) is 12.1 Å². The molecule has 1 aliphatic rings. The van der Waals surface area contributed by atoms with E-state index < -0.39 is 30.9 Å². The van der Waals surface area contributed by atoms with Gasteiger partial charge in [0.05, 0.1) is 9.82 Å². The Hall–Kier alpha value is -1.49. The first-order valence-electron chi connectivity index (χ1n) is 6.95. The molecule has 0 N–H and O–H groups in total. The molecule has 2 atom stereocenters. The number of hydrogen-bond donors (Lipinski definition) is 0. The van der Waals surface area contributed by atoms with Crippen molar-refractivity contribution >= 4 is 33.0 Å². The summed E-state index contributed by atoms with van der Waals surface area (Å²) in [6.45, 7) is 4.30. The first-order chi connectivity index (χ1) is 11.0. The van der Waals surface area contributed by atoms with Gasteiger partial charge in [-0.05, 0) is 19.1 Å². The molecule has 2 rings (SSSR count). The summed E-state index contributed by atoms with van der Waals surface area (Å²) in [5.41, 5.74) is -6.03. The minimum atomic E-state index is -5.63. The van der Waals surface area contributed by atoms with E-state index in [9.17, 15) is 31.7 Å². The number of halogens is 3. The summed E-state index contributed by atoms with van der Waals surface area (Å²) >= 11 is 1.69. The summed E-state index contributed by atoms with van der Waals surface area (Å²) in [4.78, 5) is 11.0. The largest absolute Gasteiger partial charge is 0.501 e. The van der Waals surface area contributed by atoms with E-state index in [1.165, 1.54) is 0 Å². The molecule has 134 valence electrons. The average Bonchev–Trinajstić information content (AvgIpc) is 2.48. The van der Waals surface area contributed by atoms with Crippen molar-refractivity contribution in [2.45, 2.75) is 35.5 Å². The maximum Gasteiger partial charge on any atom is 0.501 e.